The summed E-state index contributed by atoms with van der Waals surface area (Å²) in [4.78, 5) is 15.6. The number of urea groups is 1. The highest BCUT2D eigenvalue weighted by Gasteiger charge is 2.21. The molecule has 1 fully saturated rings. The maximum atomic E-state index is 12.1. The van der Waals surface area contributed by atoms with E-state index in [1.165, 1.54) is 10.5 Å². The SMILES string of the molecule is CSc1ccc(NC(=O)NCC2CN(Cc3ccccc3)CCO2)cc1. The number of benzene rings is 2. The molecule has 1 unspecified atom stereocenters. The van der Waals surface area contributed by atoms with Crippen molar-refractivity contribution in [3.63, 3.8) is 0 Å². The molecule has 1 heterocycles. The Labute approximate surface area is 159 Å². The molecule has 0 bridgehead atoms. The summed E-state index contributed by atoms with van der Waals surface area (Å²) in [5.74, 6) is 0. The fourth-order valence-electron chi connectivity index (χ4n) is 2.95. The van der Waals surface area contributed by atoms with Gasteiger partial charge in [0.05, 0.1) is 12.7 Å². The summed E-state index contributed by atoms with van der Waals surface area (Å²) in [6.07, 6.45) is 2.04. The average molecular weight is 372 g/mol. The molecule has 3 rings (SSSR count). The van der Waals surface area contributed by atoms with Gasteiger partial charge in [-0.25, -0.2) is 4.79 Å². The number of morpholine rings is 1. The first-order chi connectivity index (χ1) is 12.7. The molecule has 26 heavy (non-hydrogen) atoms. The van der Waals surface area contributed by atoms with Crippen LogP contribution in [0.2, 0.25) is 0 Å². The molecular weight excluding hydrogens is 346 g/mol. The molecule has 6 heteroatoms. The molecule has 1 saturated heterocycles. The largest absolute Gasteiger partial charge is 0.374 e. The number of carbonyl (C=O) groups is 1. The molecule has 2 amide bonds. The maximum Gasteiger partial charge on any atom is 0.319 e. The highest BCUT2D eigenvalue weighted by molar-refractivity contribution is 7.98. The molecular formula is C20H25N3O2S. The second-order valence-corrected chi connectivity index (χ2v) is 7.16. The molecule has 0 radical (unpaired) electrons. The summed E-state index contributed by atoms with van der Waals surface area (Å²) in [5.41, 5.74) is 2.09. The highest BCUT2D eigenvalue weighted by Crippen LogP contribution is 2.17. The normalized spacial score (nSPS) is 17.7. The number of ether oxygens (including phenoxy) is 1. The maximum absolute atomic E-state index is 12.1. The molecule has 0 saturated carbocycles. The van der Waals surface area contributed by atoms with Gasteiger partial charge in [0.25, 0.3) is 0 Å². The third kappa shape index (κ3) is 5.76. The topological polar surface area (TPSA) is 53.6 Å². The predicted molar refractivity (Wildman–Crippen MR) is 107 cm³/mol. The van der Waals surface area contributed by atoms with Gasteiger partial charge in [0.15, 0.2) is 0 Å². The molecule has 0 aromatic heterocycles. The minimum atomic E-state index is -0.203. The van der Waals surface area contributed by atoms with E-state index < -0.39 is 0 Å². The van der Waals surface area contributed by atoms with E-state index in [-0.39, 0.29) is 12.1 Å². The van der Waals surface area contributed by atoms with Gasteiger partial charge >= 0.3 is 6.03 Å². The summed E-state index contributed by atoms with van der Waals surface area (Å²) in [7, 11) is 0. The van der Waals surface area contributed by atoms with E-state index in [0.717, 1.165) is 25.3 Å². The Bertz CT molecular complexity index is 694. The standard InChI is InChI=1S/C20H25N3O2S/c1-26-19-9-7-17(8-10-19)22-20(24)21-13-18-15-23(11-12-25-18)14-16-5-3-2-4-6-16/h2-10,18H,11-15H2,1H3,(H2,21,22,24). The minimum absolute atomic E-state index is 0.0112. The molecule has 0 spiro atoms. The number of thioether (sulfide) groups is 1. The van der Waals surface area contributed by atoms with E-state index in [1.54, 1.807) is 11.8 Å². The van der Waals surface area contributed by atoms with Crippen molar-refractivity contribution in [1.29, 1.82) is 0 Å². The molecule has 0 aliphatic carbocycles. The Morgan fingerprint density at radius 2 is 1.96 bits per heavy atom. The van der Waals surface area contributed by atoms with Crippen molar-refractivity contribution in [3.05, 3.63) is 60.2 Å². The number of hydrogen-bond donors (Lipinski definition) is 2. The van der Waals surface area contributed by atoms with Gasteiger partial charge in [-0.2, -0.15) is 0 Å². The zero-order valence-corrected chi connectivity index (χ0v) is 15.8. The van der Waals surface area contributed by atoms with Gasteiger partial charge in [-0.15, -0.1) is 11.8 Å². The Kier molecular flexibility index (Phi) is 6.94. The molecule has 2 aromatic rings. The van der Waals surface area contributed by atoms with Crippen molar-refractivity contribution >= 4 is 23.5 Å². The first-order valence-electron chi connectivity index (χ1n) is 8.80. The number of nitrogens with one attached hydrogen (secondary N) is 2. The zero-order chi connectivity index (χ0) is 18.2. The number of nitrogens with zero attached hydrogens (tertiary/aromatic N) is 1. The predicted octanol–water partition coefficient (Wildman–Crippen LogP) is 3.43. The van der Waals surface area contributed by atoms with Crippen LogP contribution in [0, 0.1) is 0 Å². The van der Waals surface area contributed by atoms with Crippen molar-refractivity contribution in [2.75, 3.05) is 37.8 Å². The van der Waals surface area contributed by atoms with Crippen LogP contribution in [0.3, 0.4) is 0 Å². The molecule has 1 aliphatic rings. The molecule has 5 nitrogen and oxygen atoms in total. The average Bonchev–Trinajstić information content (AvgIpc) is 2.68. The van der Waals surface area contributed by atoms with Crippen LogP contribution in [-0.2, 0) is 11.3 Å². The summed E-state index contributed by atoms with van der Waals surface area (Å²) >= 11 is 1.68. The van der Waals surface area contributed by atoms with Gasteiger partial charge in [0, 0.05) is 36.8 Å². The van der Waals surface area contributed by atoms with E-state index in [1.807, 2.05) is 36.6 Å². The summed E-state index contributed by atoms with van der Waals surface area (Å²) in [6, 6.07) is 18.0. The molecule has 1 atom stereocenters. The van der Waals surface area contributed by atoms with Crippen molar-refractivity contribution in [2.24, 2.45) is 0 Å². The van der Waals surface area contributed by atoms with Crippen LogP contribution in [-0.4, -0.2) is 49.5 Å². The zero-order valence-electron chi connectivity index (χ0n) is 15.0. The second-order valence-electron chi connectivity index (χ2n) is 6.28. The van der Waals surface area contributed by atoms with E-state index in [0.29, 0.717) is 13.2 Å². The van der Waals surface area contributed by atoms with Gasteiger partial charge in [-0.3, -0.25) is 4.90 Å². The Hall–Kier alpha value is -2.02. The van der Waals surface area contributed by atoms with Crippen LogP contribution in [0.25, 0.3) is 0 Å². The molecule has 2 N–H and O–H groups in total. The lowest BCUT2D eigenvalue weighted by Crippen LogP contribution is -2.47. The third-order valence-corrected chi connectivity index (χ3v) is 5.05. The van der Waals surface area contributed by atoms with E-state index in [2.05, 4.69) is 39.8 Å². The van der Waals surface area contributed by atoms with Crippen LogP contribution in [0.4, 0.5) is 10.5 Å². The van der Waals surface area contributed by atoms with Crippen LogP contribution in [0.5, 0.6) is 0 Å². The monoisotopic (exact) mass is 371 g/mol. The van der Waals surface area contributed by atoms with Gasteiger partial charge < -0.3 is 15.4 Å². The smallest absolute Gasteiger partial charge is 0.319 e. The molecule has 1 aliphatic heterocycles. The lowest BCUT2D eigenvalue weighted by Gasteiger charge is -2.33. The number of anilines is 1. The highest BCUT2D eigenvalue weighted by atomic mass is 32.2. The van der Waals surface area contributed by atoms with Crippen molar-refractivity contribution in [2.45, 2.75) is 17.5 Å². The number of rotatable bonds is 6. The first-order valence-corrected chi connectivity index (χ1v) is 10.0. The Morgan fingerprint density at radius 1 is 1.19 bits per heavy atom. The quantitative estimate of drug-likeness (QED) is 0.764. The van der Waals surface area contributed by atoms with Gasteiger partial charge in [-0.05, 0) is 36.1 Å². The summed E-state index contributed by atoms with van der Waals surface area (Å²) < 4.78 is 5.79. The van der Waals surface area contributed by atoms with Crippen LogP contribution in [0.15, 0.2) is 59.5 Å². The molecule has 2 aromatic carbocycles. The van der Waals surface area contributed by atoms with Crippen LogP contribution < -0.4 is 10.6 Å². The lowest BCUT2D eigenvalue weighted by atomic mass is 10.2. The van der Waals surface area contributed by atoms with E-state index in [9.17, 15) is 4.79 Å². The van der Waals surface area contributed by atoms with E-state index >= 15 is 0 Å². The Morgan fingerprint density at radius 3 is 2.69 bits per heavy atom. The van der Waals surface area contributed by atoms with Crippen molar-refractivity contribution in [3.8, 4) is 0 Å². The van der Waals surface area contributed by atoms with Gasteiger partial charge in [-0.1, -0.05) is 30.3 Å². The fourth-order valence-corrected chi connectivity index (χ4v) is 3.35. The molecule has 138 valence electrons. The van der Waals surface area contributed by atoms with E-state index in [4.69, 9.17) is 4.74 Å². The lowest BCUT2D eigenvalue weighted by molar-refractivity contribution is -0.0285. The Balaban J connectivity index is 1.42. The van der Waals surface area contributed by atoms with Crippen molar-refractivity contribution in [1.82, 2.24) is 10.2 Å². The number of amides is 2. The number of hydrogen-bond acceptors (Lipinski definition) is 4. The first kappa shape index (κ1) is 18.8. The summed E-state index contributed by atoms with van der Waals surface area (Å²) in [5, 5.41) is 5.76. The minimum Gasteiger partial charge on any atom is -0.374 e. The number of carbonyl (C=O) groups excluding carboxylic acids is 1. The fraction of sp³-hybridized carbons (Fsp3) is 0.350. The summed E-state index contributed by atoms with van der Waals surface area (Å²) in [6.45, 7) is 3.84. The van der Waals surface area contributed by atoms with Crippen LogP contribution in [0.1, 0.15) is 5.56 Å². The van der Waals surface area contributed by atoms with Gasteiger partial charge in [0.2, 0.25) is 0 Å². The second kappa shape index (κ2) is 9.62. The van der Waals surface area contributed by atoms with Crippen LogP contribution >= 0.6 is 11.8 Å². The third-order valence-electron chi connectivity index (χ3n) is 4.31. The van der Waals surface area contributed by atoms with Gasteiger partial charge in [0.1, 0.15) is 0 Å². The van der Waals surface area contributed by atoms with Crippen molar-refractivity contribution < 1.29 is 9.53 Å².